The number of carboxylic acids is 1. The van der Waals surface area contributed by atoms with E-state index < -0.39 is 5.97 Å². The standard InChI is InChI=1S/C13H22N2O3/c1-15-10-2-3-11(15)7-9(6-10)8-14-12(16)4-5-13(17)18/h9-11H,2-8H2,1H3,(H,14,16)(H,17,18). The number of carboxylic acid groups (broad SMARTS) is 1. The largest absolute Gasteiger partial charge is 0.481 e. The van der Waals surface area contributed by atoms with Crippen molar-refractivity contribution in [1.29, 1.82) is 0 Å². The van der Waals surface area contributed by atoms with Crippen LogP contribution in [0.5, 0.6) is 0 Å². The first-order valence-electron chi connectivity index (χ1n) is 6.76. The van der Waals surface area contributed by atoms with Crippen LogP contribution < -0.4 is 5.32 Å². The zero-order valence-corrected chi connectivity index (χ0v) is 10.9. The van der Waals surface area contributed by atoms with Crippen molar-refractivity contribution in [3.8, 4) is 0 Å². The molecule has 2 N–H and O–H groups in total. The topological polar surface area (TPSA) is 69.6 Å². The molecule has 2 bridgehead atoms. The summed E-state index contributed by atoms with van der Waals surface area (Å²) in [6, 6.07) is 1.37. The maximum Gasteiger partial charge on any atom is 0.303 e. The summed E-state index contributed by atoms with van der Waals surface area (Å²) in [5, 5.41) is 11.4. The highest BCUT2D eigenvalue weighted by atomic mass is 16.4. The summed E-state index contributed by atoms with van der Waals surface area (Å²) in [7, 11) is 2.20. The van der Waals surface area contributed by atoms with E-state index in [2.05, 4.69) is 17.3 Å². The van der Waals surface area contributed by atoms with Crippen molar-refractivity contribution in [2.75, 3.05) is 13.6 Å². The Morgan fingerprint density at radius 1 is 1.22 bits per heavy atom. The fourth-order valence-corrected chi connectivity index (χ4v) is 3.26. The number of nitrogens with zero attached hydrogens (tertiary/aromatic N) is 1. The Labute approximate surface area is 108 Å². The molecule has 5 heteroatoms. The molecule has 0 saturated carbocycles. The molecule has 2 atom stereocenters. The van der Waals surface area contributed by atoms with Crippen LogP contribution in [0.2, 0.25) is 0 Å². The second-order valence-electron chi connectivity index (χ2n) is 5.59. The van der Waals surface area contributed by atoms with Crippen LogP contribution in [0.4, 0.5) is 0 Å². The average molecular weight is 254 g/mol. The van der Waals surface area contributed by atoms with E-state index in [0.29, 0.717) is 24.5 Å². The van der Waals surface area contributed by atoms with Gasteiger partial charge in [-0.1, -0.05) is 0 Å². The molecule has 0 aromatic carbocycles. The van der Waals surface area contributed by atoms with E-state index in [1.165, 1.54) is 12.8 Å². The van der Waals surface area contributed by atoms with Crippen molar-refractivity contribution in [3.63, 3.8) is 0 Å². The van der Waals surface area contributed by atoms with Crippen LogP contribution in [-0.4, -0.2) is 47.6 Å². The van der Waals surface area contributed by atoms with Gasteiger partial charge in [-0.15, -0.1) is 0 Å². The maximum absolute atomic E-state index is 11.4. The van der Waals surface area contributed by atoms with Gasteiger partial charge in [0.15, 0.2) is 0 Å². The molecule has 102 valence electrons. The van der Waals surface area contributed by atoms with Gasteiger partial charge in [0, 0.05) is 25.0 Å². The molecule has 2 rings (SSSR count). The van der Waals surface area contributed by atoms with E-state index in [1.807, 2.05) is 0 Å². The molecule has 0 aromatic rings. The summed E-state index contributed by atoms with van der Waals surface area (Å²) in [6.07, 6.45) is 4.90. The zero-order valence-electron chi connectivity index (χ0n) is 10.9. The average Bonchev–Trinajstić information content (AvgIpc) is 2.55. The number of hydrogen-bond donors (Lipinski definition) is 2. The van der Waals surface area contributed by atoms with E-state index in [1.54, 1.807) is 0 Å². The number of carbonyl (C=O) groups is 2. The van der Waals surface area contributed by atoms with Gasteiger partial charge in [-0.2, -0.15) is 0 Å². The number of nitrogens with one attached hydrogen (secondary N) is 1. The maximum atomic E-state index is 11.4. The molecule has 5 nitrogen and oxygen atoms in total. The number of aliphatic carboxylic acids is 1. The van der Waals surface area contributed by atoms with E-state index >= 15 is 0 Å². The van der Waals surface area contributed by atoms with Crippen LogP contribution in [0.3, 0.4) is 0 Å². The van der Waals surface area contributed by atoms with Crippen molar-refractivity contribution in [3.05, 3.63) is 0 Å². The summed E-state index contributed by atoms with van der Waals surface area (Å²) in [4.78, 5) is 24.3. The fourth-order valence-electron chi connectivity index (χ4n) is 3.26. The molecule has 2 fully saturated rings. The fraction of sp³-hybridized carbons (Fsp3) is 0.846. The van der Waals surface area contributed by atoms with Crippen LogP contribution in [0.15, 0.2) is 0 Å². The van der Waals surface area contributed by atoms with E-state index in [0.717, 1.165) is 12.8 Å². The van der Waals surface area contributed by atoms with Gasteiger partial charge >= 0.3 is 5.97 Å². The second-order valence-corrected chi connectivity index (χ2v) is 5.59. The van der Waals surface area contributed by atoms with Gasteiger partial charge in [0.25, 0.3) is 0 Å². The molecule has 0 aromatic heterocycles. The molecule has 0 spiro atoms. The first kappa shape index (κ1) is 13.3. The van der Waals surface area contributed by atoms with Gasteiger partial charge in [-0.05, 0) is 38.6 Å². The number of hydrogen-bond acceptors (Lipinski definition) is 3. The normalized spacial score (nSPS) is 31.3. The third-order valence-electron chi connectivity index (χ3n) is 4.35. The lowest BCUT2D eigenvalue weighted by molar-refractivity contribution is -0.138. The molecule has 2 aliphatic rings. The zero-order chi connectivity index (χ0) is 13.1. The van der Waals surface area contributed by atoms with Crippen molar-refractivity contribution in [2.45, 2.75) is 50.6 Å². The summed E-state index contributed by atoms with van der Waals surface area (Å²) in [6.45, 7) is 0.708. The van der Waals surface area contributed by atoms with Crippen LogP contribution >= 0.6 is 0 Å². The first-order valence-corrected chi connectivity index (χ1v) is 6.76. The molecule has 0 radical (unpaired) electrons. The Hall–Kier alpha value is -1.10. The van der Waals surface area contributed by atoms with Crippen molar-refractivity contribution in [1.82, 2.24) is 10.2 Å². The predicted molar refractivity (Wildman–Crippen MR) is 67.2 cm³/mol. The molecule has 2 unspecified atom stereocenters. The Bertz CT molecular complexity index is 318. The minimum atomic E-state index is -0.914. The van der Waals surface area contributed by atoms with E-state index in [-0.39, 0.29) is 18.7 Å². The molecular formula is C13H22N2O3. The first-order chi connectivity index (χ1) is 8.56. The van der Waals surface area contributed by atoms with Crippen LogP contribution in [0, 0.1) is 5.92 Å². The van der Waals surface area contributed by atoms with Gasteiger partial charge in [-0.3, -0.25) is 9.59 Å². The molecule has 0 aliphatic carbocycles. The predicted octanol–water partition coefficient (Wildman–Crippen LogP) is 0.840. The highest BCUT2D eigenvalue weighted by Crippen LogP contribution is 2.36. The van der Waals surface area contributed by atoms with Crippen LogP contribution in [0.25, 0.3) is 0 Å². The third kappa shape index (κ3) is 3.22. The summed E-state index contributed by atoms with van der Waals surface area (Å²) in [5.74, 6) is -0.487. The van der Waals surface area contributed by atoms with Gasteiger partial charge < -0.3 is 15.3 Å². The quantitative estimate of drug-likeness (QED) is 0.763. The Morgan fingerprint density at radius 2 is 1.83 bits per heavy atom. The van der Waals surface area contributed by atoms with Gasteiger partial charge in [0.05, 0.1) is 6.42 Å². The lowest BCUT2D eigenvalue weighted by atomic mass is 9.91. The Kier molecular flexibility index (Phi) is 4.22. The van der Waals surface area contributed by atoms with E-state index in [9.17, 15) is 9.59 Å². The summed E-state index contributed by atoms with van der Waals surface area (Å²) < 4.78 is 0. The van der Waals surface area contributed by atoms with Gasteiger partial charge in [0.1, 0.15) is 0 Å². The number of amides is 1. The van der Waals surface area contributed by atoms with Crippen molar-refractivity contribution < 1.29 is 14.7 Å². The monoisotopic (exact) mass is 254 g/mol. The SMILES string of the molecule is CN1C2CCC1CC(CNC(=O)CCC(=O)O)C2. The minimum absolute atomic E-state index is 0.0789. The molecule has 2 heterocycles. The van der Waals surface area contributed by atoms with Gasteiger partial charge in [0.2, 0.25) is 5.91 Å². The highest BCUT2D eigenvalue weighted by Gasteiger charge is 2.38. The number of fused-ring (bicyclic) bond motifs is 2. The smallest absolute Gasteiger partial charge is 0.303 e. The van der Waals surface area contributed by atoms with Crippen LogP contribution in [-0.2, 0) is 9.59 Å². The lowest BCUT2D eigenvalue weighted by Gasteiger charge is -2.36. The highest BCUT2D eigenvalue weighted by molar-refractivity contribution is 5.80. The van der Waals surface area contributed by atoms with Crippen molar-refractivity contribution >= 4 is 11.9 Å². The minimum Gasteiger partial charge on any atom is -0.481 e. The number of carbonyl (C=O) groups excluding carboxylic acids is 1. The van der Waals surface area contributed by atoms with Crippen LogP contribution in [0.1, 0.15) is 38.5 Å². The number of piperidine rings is 1. The molecular weight excluding hydrogens is 232 g/mol. The Morgan fingerprint density at radius 3 is 2.39 bits per heavy atom. The number of rotatable bonds is 5. The summed E-state index contributed by atoms with van der Waals surface area (Å²) in [5.41, 5.74) is 0. The van der Waals surface area contributed by atoms with E-state index in [4.69, 9.17) is 5.11 Å². The molecule has 18 heavy (non-hydrogen) atoms. The van der Waals surface area contributed by atoms with Gasteiger partial charge in [-0.25, -0.2) is 0 Å². The third-order valence-corrected chi connectivity index (χ3v) is 4.35. The molecule has 2 aliphatic heterocycles. The Balaban J connectivity index is 1.69. The van der Waals surface area contributed by atoms with Crippen molar-refractivity contribution in [2.24, 2.45) is 5.92 Å². The second kappa shape index (κ2) is 5.69. The summed E-state index contributed by atoms with van der Waals surface area (Å²) >= 11 is 0. The molecule has 1 amide bonds. The molecule has 2 saturated heterocycles. The lowest BCUT2D eigenvalue weighted by Crippen LogP contribution is -2.43.